The van der Waals surface area contributed by atoms with E-state index in [9.17, 15) is 19.5 Å². The van der Waals surface area contributed by atoms with Gasteiger partial charge >= 0.3 is 0 Å². The van der Waals surface area contributed by atoms with Gasteiger partial charge in [-0.05, 0) is 56.9 Å². The number of aliphatic hydroxyl groups excluding tert-OH is 1. The first-order valence-corrected chi connectivity index (χ1v) is 15.2. The van der Waals surface area contributed by atoms with Gasteiger partial charge in [-0.25, -0.2) is 0 Å². The predicted molar refractivity (Wildman–Crippen MR) is 155 cm³/mol. The number of hydrogen-bond donors (Lipinski definition) is 1. The SMILES string of the molecule is CCCCCN1CC=C[C@]23O[C@H]4C=CCN(c5ccc(OCC)cc5)C(=O)[C@H]4[C@H]2C(=O)N(CCCCCO)C3C1=O. The second-order valence-electron chi connectivity index (χ2n) is 11.4. The van der Waals surface area contributed by atoms with Crippen LogP contribution in [0, 0.1) is 11.8 Å². The van der Waals surface area contributed by atoms with Crippen molar-refractivity contribution in [3.05, 3.63) is 48.6 Å². The average Bonchev–Trinajstić information content (AvgIpc) is 3.28. The summed E-state index contributed by atoms with van der Waals surface area (Å²) in [5, 5.41) is 9.26. The number of amides is 3. The molecule has 3 amide bonds. The molecule has 1 unspecified atom stereocenters. The Balaban J connectivity index is 1.48. The minimum Gasteiger partial charge on any atom is -0.494 e. The third-order valence-electron chi connectivity index (χ3n) is 8.79. The lowest BCUT2D eigenvalue weighted by Gasteiger charge is -2.35. The van der Waals surface area contributed by atoms with E-state index in [0.29, 0.717) is 45.6 Å². The third-order valence-corrected chi connectivity index (χ3v) is 8.79. The Morgan fingerprint density at radius 1 is 0.927 bits per heavy atom. The molecule has 41 heavy (non-hydrogen) atoms. The molecule has 1 N–H and O–H groups in total. The molecule has 0 aromatic heterocycles. The molecule has 5 rings (SSSR count). The summed E-state index contributed by atoms with van der Waals surface area (Å²) in [6.07, 6.45) is 12.1. The monoisotopic (exact) mass is 565 g/mol. The molecule has 1 spiro atoms. The van der Waals surface area contributed by atoms with Gasteiger partial charge in [-0.1, -0.05) is 44.1 Å². The molecular weight excluding hydrogens is 522 g/mol. The van der Waals surface area contributed by atoms with Gasteiger partial charge < -0.3 is 29.3 Å². The van der Waals surface area contributed by atoms with Crippen LogP contribution < -0.4 is 9.64 Å². The van der Waals surface area contributed by atoms with Gasteiger partial charge in [0.1, 0.15) is 17.4 Å². The Labute approximate surface area is 242 Å². The highest BCUT2D eigenvalue weighted by molar-refractivity contribution is 6.03. The van der Waals surface area contributed by atoms with Crippen LogP contribution in [0.3, 0.4) is 0 Å². The van der Waals surface area contributed by atoms with Crippen molar-refractivity contribution in [3.63, 3.8) is 0 Å². The number of nitrogens with zero attached hydrogens (tertiary/aromatic N) is 3. The highest BCUT2D eigenvalue weighted by atomic mass is 16.5. The average molecular weight is 566 g/mol. The molecule has 222 valence electrons. The van der Waals surface area contributed by atoms with Gasteiger partial charge in [0.25, 0.3) is 0 Å². The fourth-order valence-corrected chi connectivity index (χ4v) is 6.87. The number of benzene rings is 1. The Morgan fingerprint density at radius 2 is 1.71 bits per heavy atom. The number of fused-ring (bicyclic) bond motifs is 2. The maximum absolute atomic E-state index is 14.3. The number of hydrogen-bond acceptors (Lipinski definition) is 6. The number of carbonyl (C=O) groups is 3. The highest BCUT2D eigenvalue weighted by Crippen LogP contribution is 2.53. The van der Waals surface area contributed by atoms with Gasteiger partial charge in [0.05, 0.1) is 24.5 Å². The smallest absolute Gasteiger partial charge is 0.249 e. The molecule has 1 aromatic carbocycles. The maximum atomic E-state index is 14.3. The summed E-state index contributed by atoms with van der Waals surface area (Å²) in [6, 6.07) is 6.59. The van der Waals surface area contributed by atoms with Crippen LogP contribution in [0.15, 0.2) is 48.6 Å². The van der Waals surface area contributed by atoms with Crippen LogP contribution >= 0.6 is 0 Å². The molecule has 0 radical (unpaired) electrons. The quantitative estimate of drug-likeness (QED) is 0.308. The van der Waals surface area contributed by atoms with Crippen LogP contribution in [-0.2, 0) is 19.1 Å². The molecule has 5 atom stereocenters. The first-order valence-electron chi connectivity index (χ1n) is 15.2. The van der Waals surface area contributed by atoms with Crippen LogP contribution in [0.25, 0.3) is 0 Å². The van der Waals surface area contributed by atoms with Gasteiger partial charge in [-0.15, -0.1) is 0 Å². The minimum atomic E-state index is -1.21. The topological polar surface area (TPSA) is 99.6 Å². The molecular formula is C32H43N3O6. The van der Waals surface area contributed by atoms with Crippen molar-refractivity contribution >= 4 is 23.4 Å². The second kappa shape index (κ2) is 12.8. The van der Waals surface area contributed by atoms with E-state index in [1.165, 1.54) is 0 Å². The van der Waals surface area contributed by atoms with E-state index in [1.54, 1.807) is 9.80 Å². The molecule has 0 aliphatic carbocycles. The first-order chi connectivity index (χ1) is 20.0. The van der Waals surface area contributed by atoms with Crippen LogP contribution in [0.2, 0.25) is 0 Å². The summed E-state index contributed by atoms with van der Waals surface area (Å²) in [4.78, 5) is 47.9. The molecule has 4 heterocycles. The lowest BCUT2D eigenvalue weighted by atomic mass is 9.77. The third kappa shape index (κ3) is 5.42. The fourth-order valence-electron chi connectivity index (χ4n) is 6.87. The summed E-state index contributed by atoms with van der Waals surface area (Å²) < 4.78 is 12.3. The van der Waals surface area contributed by atoms with E-state index < -0.39 is 29.6 Å². The maximum Gasteiger partial charge on any atom is 0.249 e. The van der Waals surface area contributed by atoms with Crippen molar-refractivity contribution in [3.8, 4) is 5.75 Å². The van der Waals surface area contributed by atoms with Crippen molar-refractivity contribution < 1.29 is 29.0 Å². The van der Waals surface area contributed by atoms with Crippen molar-refractivity contribution in [1.29, 1.82) is 0 Å². The van der Waals surface area contributed by atoms with E-state index in [-0.39, 0.29) is 24.3 Å². The second-order valence-corrected chi connectivity index (χ2v) is 11.4. The molecule has 0 bridgehead atoms. The zero-order valence-corrected chi connectivity index (χ0v) is 24.2. The van der Waals surface area contributed by atoms with E-state index in [1.807, 2.05) is 60.4 Å². The Morgan fingerprint density at radius 3 is 2.44 bits per heavy atom. The zero-order valence-electron chi connectivity index (χ0n) is 24.2. The molecule has 2 saturated heterocycles. The van der Waals surface area contributed by atoms with Crippen molar-refractivity contribution in [2.45, 2.75) is 70.1 Å². The number of anilines is 1. The molecule has 0 saturated carbocycles. The lowest BCUT2D eigenvalue weighted by molar-refractivity contribution is -0.147. The molecule has 9 nitrogen and oxygen atoms in total. The normalized spacial score (nSPS) is 29.0. The molecule has 4 aliphatic rings. The summed E-state index contributed by atoms with van der Waals surface area (Å²) in [6.45, 7) is 6.53. The lowest BCUT2D eigenvalue weighted by Crippen LogP contribution is -2.55. The van der Waals surface area contributed by atoms with Crippen molar-refractivity contribution in [2.24, 2.45) is 11.8 Å². The summed E-state index contributed by atoms with van der Waals surface area (Å²) in [7, 11) is 0. The zero-order chi connectivity index (χ0) is 29.0. The number of rotatable bonds is 12. The Hall–Kier alpha value is -3.17. The van der Waals surface area contributed by atoms with E-state index >= 15 is 0 Å². The molecule has 2 fully saturated rings. The van der Waals surface area contributed by atoms with Crippen molar-refractivity contribution in [2.75, 3.05) is 44.3 Å². The molecule has 9 heteroatoms. The summed E-state index contributed by atoms with van der Waals surface area (Å²) >= 11 is 0. The van der Waals surface area contributed by atoms with Crippen molar-refractivity contribution in [1.82, 2.24) is 9.80 Å². The number of aliphatic hydroxyl groups is 1. The highest BCUT2D eigenvalue weighted by Gasteiger charge is 2.71. The van der Waals surface area contributed by atoms with Crippen LogP contribution in [0.5, 0.6) is 5.75 Å². The number of ether oxygens (including phenoxy) is 2. The first kappa shape index (κ1) is 29.3. The van der Waals surface area contributed by atoms with Crippen LogP contribution in [0.1, 0.15) is 52.4 Å². The van der Waals surface area contributed by atoms with Gasteiger partial charge in [-0.2, -0.15) is 0 Å². The molecule has 1 aromatic rings. The number of likely N-dealkylation sites (tertiary alicyclic amines) is 1. The standard InChI is InChI=1S/C32H43N3O6/c1-3-5-7-18-33-19-11-17-32-27(30(38)35(28(32)31(33)39)20-8-6-9-22-36)26-25(41-32)12-10-21-34(29(26)37)23-13-15-24(16-14-23)40-4-2/h10-17,25-28,36H,3-9,18-22H2,1-2H3/t25-,26+,27-,28?,32-/m0/s1. The van der Waals surface area contributed by atoms with E-state index in [4.69, 9.17) is 9.47 Å². The number of unbranched alkanes of at least 4 members (excludes halogenated alkanes) is 4. The Bertz CT molecular complexity index is 1170. The van der Waals surface area contributed by atoms with E-state index in [0.717, 1.165) is 37.1 Å². The largest absolute Gasteiger partial charge is 0.494 e. The minimum absolute atomic E-state index is 0.0892. The van der Waals surface area contributed by atoms with Gasteiger partial charge in [-0.3, -0.25) is 14.4 Å². The van der Waals surface area contributed by atoms with E-state index in [2.05, 4.69) is 6.92 Å². The Kier molecular flexibility index (Phi) is 9.14. The van der Waals surface area contributed by atoms with Gasteiger partial charge in [0.2, 0.25) is 17.7 Å². The molecule has 4 aliphatic heterocycles. The van der Waals surface area contributed by atoms with Gasteiger partial charge in [0, 0.05) is 38.5 Å². The predicted octanol–water partition coefficient (Wildman–Crippen LogP) is 3.32. The van der Waals surface area contributed by atoms with Crippen LogP contribution in [-0.4, -0.2) is 89.8 Å². The van der Waals surface area contributed by atoms with Crippen LogP contribution in [0.4, 0.5) is 5.69 Å². The summed E-state index contributed by atoms with van der Waals surface area (Å²) in [5.74, 6) is -1.31. The number of carbonyl (C=O) groups excluding carboxylic acids is 3. The summed E-state index contributed by atoms with van der Waals surface area (Å²) in [5.41, 5.74) is -0.482. The van der Waals surface area contributed by atoms with Gasteiger partial charge in [0.15, 0.2) is 0 Å². The fraction of sp³-hybridized carbons (Fsp3) is 0.594.